The molecule has 1 aromatic carbocycles. The predicted octanol–water partition coefficient (Wildman–Crippen LogP) is 1.38. The Morgan fingerprint density at radius 2 is 2.31 bits per heavy atom. The maximum Gasteiger partial charge on any atom is 0.258 e. The highest BCUT2D eigenvalue weighted by atomic mass is 19.1. The number of benzene rings is 1. The Hall–Kier alpha value is -2.37. The van der Waals surface area contributed by atoms with E-state index < -0.39 is 11.7 Å². The Balaban J connectivity index is 2.18. The highest BCUT2D eigenvalue weighted by molar-refractivity contribution is 6.03. The molecule has 1 aromatic heterocycles. The lowest BCUT2D eigenvalue weighted by Gasteiger charge is -2.03. The molecule has 0 saturated carbocycles. The van der Waals surface area contributed by atoms with E-state index >= 15 is 0 Å². The maximum atomic E-state index is 12.9. The van der Waals surface area contributed by atoms with Gasteiger partial charge in [0.25, 0.3) is 5.91 Å². The second-order valence-corrected chi connectivity index (χ2v) is 3.13. The van der Waals surface area contributed by atoms with Crippen molar-refractivity contribution in [3.63, 3.8) is 0 Å². The highest BCUT2D eigenvalue weighted by Crippen LogP contribution is 2.13. The molecule has 0 aliphatic carbocycles. The van der Waals surface area contributed by atoms with E-state index in [0.717, 1.165) is 6.07 Å². The van der Waals surface area contributed by atoms with E-state index in [1.807, 2.05) is 0 Å². The fraction of sp³-hybridized carbons (Fsp3) is 0. The number of hydrogen-bond acceptors (Lipinski definition) is 3. The molecular weight excluding hydrogens is 211 g/mol. The molecular formula is C10H9FN4O. The second kappa shape index (κ2) is 4.01. The molecule has 82 valence electrons. The largest absolute Gasteiger partial charge is 0.396 e. The molecule has 6 heteroatoms. The Morgan fingerprint density at radius 1 is 1.50 bits per heavy atom. The normalized spacial score (nSPS) is 10.1. The SMILES string of the molecule is Nc1cc(C(=O)Nc2ncc[nH]2)ccc1F. The minimum atomic E-state index is -0.547. The quantitative estimate of drug-likeness (QED) is 0.668. The Kier molecular flexibility index (Phi) is 2.55. The summed E-state index contributed by atoms with van der Waals surface area (Å²) in [5.41, 5.74) is 5.56. The summed E-state index contributed by atoms with van der Waals surface area (Å²) < 4.78 is 12.9. The second-order valence-electron chi connectivity index (χ2n) is 3.13. The van der Waals surface area contributed by atoms with E-state index in [1.54, 1.807) is 6.20 Å². The zero-order valence-corrected chi connectivity index (χ0v) is 8.20. The lowest BCUT2D eigenvalue weighted by Crippen LogP contribution is -2.13. The molecule has 1 heterocycles. The standard InChI is InChI=1S/C10H9FN4O/c11-7-2-1-6(5-8(7)12)9(16)15-10-13-3-4-14-10/h1-5H,12H2,(H2,13,14,15,16). The van der Waals surface area contributed by atoms with E-state index in [1.165, 1.54) is 18.3 Å². The van der Waals surface area contributed by atoms with E-state index in [2.05, 4.69) is 15.3 Å². The maximum absolute atomic E-state index is 12.9. The topological polar surface area (TPSA) is 83.8 Å². The van der Waals surface area contributed by atoms with Crippen molar-refractivity contribution in [2.24, 2.45) is 0 Å². The van der Waals surface area contributed by atoms with Crippen LogP contribution in [0, 0.1) is 5.82 Å². The van der Waals surface area contributed by atoms with Gasteiger partial charge in [0.05, 0.1) is 5.69 Å². The number of halogens is 1. The van der Waals surface area contributed by atoms with Crippen LogP contribution >= 0.6 is 0 Å². The average Bonchev–Trinajstić information content (AvgIpc) is 2.74. The number of rotatable bonds is 2. The van der Waals surface area contributed by atoms with Crippen LogP contribution in [0.1, 0.15) is 10.4 Å². The number of amides is 1. The average molecular weight is 220 g/mol. The molecule has 0 saturated heterocycles. The van der Waals surface area contributed by atoms with Crippen molar-refractivity contribution in [2.45, 2.75) is 0 Å². The van der Waals surface area contributed by atoms with Crippen molar-refractivity contribution in [3.05, 3.63) is 42.0 Å². The molecule has 4 N–H and O–H groups in total. The molecule has 2 rings (SSSR count). The van der Waals surface area contributed by atoms with Gasteiger partial charge in [-0.05, 0) is 18.2 Å². The van der Waals surface area contributed by atoms with Crippen LogP contribution in [0.3, 0.4) is 0 Å². The van der Waals surface area contributed by atoms with E-state index in [0.29, 0.717) is 5.95 Å². The number of carbonyl (C=O) groups is 1. The van der Waals surface area contributed by atoms with Crippen LogP contribution < -0.4 is 11.1 Å². The molecule has 1 amide bonds. The van der Waals surface area contributed by atoms with Crippen molar-refractivity contribution in [1.82, 2.24) is 9.97 Å². The van der Waals surface area contributed by atoms with E-state index in [4.69, 9.17) is 5.73 Å². The number of H-pyrrole nitrogens is 1. The summed E-state index contributed by atoms with van der Waals surface area (Å²) in [5.74, 6) is -0.621. The van der Waals surface area contributed by atoms with Gasteiger partial charge in [-0.15, -0.1) is 0 Å². The summed E-state index contributed by atoms with van der Waals surface area (Å²) in [4.78, 5) is 18.2. The molecule has 2 aromatic rings. The van der Waals surface area contributed by atoms with E-state index in [-0.39, 0.29) is 11.3 Å². The monoisotopic (exact) mass is 220 g/mol. The number of nitrogens with one attached hydrogen (secondary N) is 2. The number of nitrogen functional groups attached to an aromatic ring is 1. The number of aromatic amines is 1. The first-order valence-electron chi connectivity index (χ1n) is 4.52. The van der Waals surface area contributed by atoms with Gasteiger partial charge in [0.15, 0.2) is 0 Å². The highest BCUT2D eigenvalue weighted by Gasteiger charge is 2.09. The lowest BCUT2D eigenvalue weighted by atomic mass is 10.2. The molecule has 16 heavy (non-hydrogen) atoms. The number of nitrogens with two attached hydrogens (primary N) is 1. The molecule has 0 atom stereocenters. The number of imidazole rings is 1. The summed E-state index contributed by atoms with van der Waals surface area (Å²) in [6.07, 6.45) is 3.09. The molecule has 0 aliphatic heterocycles. The zero-order valence-electron chi connectivity index (χ0n) is 8.20. The molecule has 0 unspecified atom stereocenters. The third kappa shape index (κ3) is 2.00. The van der Waals surface area contributed by atoms with Crippen LogP contribution in [0.4, 0.5) is 16.0 Å². The van der Waals surface area contributed by atoms with Gasteiger partial charge in [0.1, 0.15) is 5.82 Å². The van der Waals surface area contributed by atoms with Gasteiger partial charge in [-0.3, -0.25) is 10.1 Å². The first-order chi connectivity index (χ1) is 7.66. The Labute approximate surface area is 90.5 Å². The molecule has 5 nitrogen and oxygen atoms in total. The Morgan fingerprint density at radius 3 is 2.94 bits per heavy atom. The van der Waals surface area contributed by atoms with Crippen LogP contribution in [0.25, 0.3) is 0 Å². The van der Waals surface area contributed by atoms with Crippen molar-refractivity contribution in [3.8, 4) is 0 Å². The predicted molar refractivity (Wildman–Crippen MR) is 57.4 cm³/mol. The minimum absolute atomic E-state index is 0.0629. The molecule has 0 radical (unpaired) electrons. The zero-order chi connectivity index (χ0) is 11.5. The fourth-order valence-corrected chi connectivity index (χ4v) is 1.20. The van der Waals surface area contributed by atoms with Gasteiger partial charge in [-0.25, -0.2) is 9.37 Å². The molecule has 0 spiro atoms. The van der Waals surface area contributed by atoms with Gasteiger partial charge in [-0.2, -0.15) is 0 Å². The number of nitrogens with zero attached hydrogens (tertiary/aromatic N) is 1. The first kappa shape index (κ1) is 10.2. The van der Waals surface area contributed by atoms with Crippen LogP contribution in [0.5, 0.6) is 0 Å². The van der Waals surface area contributed by atoms with E-state index in [9.17, 15) is 9.18 Å². The summed E-state index contributed by atoms with van der Waals surface area (Å²) in [6, 6.07) is 3.77. The number of aromatic nitrogens is 2. The summed E-state index contributed by atoms with van der Waals surface area (Å²) in [6.45, 7) is 0. The van der Waals surface area contributed by atoms with Crippen molar-refractivity contribution in [1.29, 1.82) is 0 Å². The molecule has 0 fully saturated rings. The summed E-state index contributed by atoms with van der Waals surface area (Å²) in [5, 5.41) is 2.50. The fourth-order valence-electron chi connectivity index (χ4n) is 1.20. The third-order valence-electron chi connectivity index (χ3n) is 1.99. The van der Waals surface area contributed by atoms with Gasteiger partial charge < -0.3 is 10.7 Å². The number of anilines is 2. The molecule has 0 bridgehead atoms. The lowest BCUT2D eigenvalue weighted by molar-refractivity contribution is 0.102. The number of hydrogen-bond donors (Lipinski definition) is 3. The van der Waals surface area contributed by atoms with Crippen LogP contribution in [0.2, 0.25) is 0 Å². The van der Waals surface area contributed by atoms with Crippen LogP contribution in [0.15, 0.2) is 30.6 Å². The van der Waals surface area contributed by atoms with Crippen LogP contribution in [-0.2, 0) is 0 Å². The Bertz CT molecular complexity index is 510. The van der Waals surface area contributed by atoms with Crippen molar-refractivity contribution >= 4 is 17.5 Å². The third-order valence-corrected chi connectivity index (χ3v) is 1.99. The number of carbonyl (C=O) groups excluding carboxylic acids is 1. The van der Waals surface area contributed by atoms with Crippen molar-refractivity contribution < 1.29 is 9.18 Å². The van der Waals surface area contributed by atoms with Crippen LogP contribution in [-0.4, -0.2) is 15.9 Å². The first-order valence-corrected chi connectivity index (χ1v) is 4.52. The summed E-state index contributed by atoms with van der Waals surface area (Å²) in [7, 11) is 0. The van der Waals surface area contributed by atoms with Gasteiger partial charge >= 0.3 is 0 Å². The molecule has 0 aliphatic rings. The smallest absolute Gasteiger partial charge is 0.258 e. The van der Waals surface area contributed by atoms with Gasteiger partial charge in [0.2, 0.25) is 5.95 Å². The van der Waals surface area contributed by atoms with Crippen molar-refractivity contribution in [2.75, 3.05) is 11.1 Å². The minimum Gasteiger partial charge on any atom is -0.396 e. The van der Waals surface area contributed by atoms with Gasteiger partial charge in [-0.1, -0.05) is 0 Å². The summed E-state index contributed by atoms with van der Waals surface area (Å²) >= 11 is 0. The van der Waals surface area contributed by atoms with Gasteiger partial charge in [0, 0.05) is 18.0 Å².